The van der Waals surface area contributed by atoms with E-state index in [1.54, 1.807) is 11.8 Å². The Morgan fingerprint density at radius 1 is 0.963 bits per heavy atom. The Balaban J connectivity index is 1.48. The van der Waals surface area contributed by atoms with Crippen LogP contribution in [0.15, 0.2) is 78.3 Å². The Labute approximate surface area is 162 Å². The Hall–Kier alpha value is -2.86. The Morgan fingerprint density at radius 3 is 2.44 bits per heavy atom. The molecule has 0 aliphatic heterocycles. The minimum absolute atomic E-state index is 0.586. The SMILES string of the molecule is c1ccc(-c2nn(-c3ccccc3)cc2CSc2nncn2C2CC2)cc1. The van der Waals surface area contributed by atoms with Gasteiger partial charge in [0.05, 0.1) is 11.4 Å². The Bertz CT molecular complexity index is 1030. The van der Waals surface area contributed by atoms with Gasteiger partial charge in [0.25, 0.3) is 0 Å². The first-order chi connectivity index (χ1) is 13.4. The van der Waals surface area contributed by atoms with Crippen LogP contribution in [0.5, 0.6) is 0 Å². The standard InChI is InChI=1S/C21H19N5S/c1-3-7-16(8-4-1)20-17(13-26(24-20)19-9-5-2-6-10-19)14-27-21-23-22-15-25(21)18-11-12-18/h1-10,13,15,18H,11-12,14H2. The molecule has 6 heteroatoms. The van der Waals surface area contributed by atoms with Crippen LogP contribution in [-0.4, -0.2) is 24.5 Å². The van der Waals surface area contributed by atoms with E-state index < -0.39 is 0 Å². The van der Waals surface area contributed by atoms with Crippen LogP contribution in [-0.2, 0) is 5.75 Å². The molecule has 1 aliphatic carbocycles. The second kappa shape index (κ2) is 7.04. The van der Waals surface area contributed by atoms with E-state index in [9.17, 15) is 0 Å². The molecule has 0 unspecified atom stereocenters. The highest BCUT2D eigenvalue weighted by Gasteiger charge is 2.26. The summed E-state index contributed by atoms with van der Waals surface area (Å²) >= 11 is 1.73. The fourth-order valence-corrected chi connectivity index (χ4v) is 4.09. The average molecular weight is 373 g/mol. The maximum Gasteiger partial charge on any atom is 0.191 e. The maximum atomic E-state index is 4.88. The van der Waals surface area contributed by atoms with Crippen LogP contribution < -0.4 is 0 Å². The van der Waals surface area contributed by atoms with Gasteiger partial charge in [-0.1, -0.05) is 60.3 Å². The number of aromatic nitrogens is 5. The van der Waals surface area contributed by atoms with E-state index in [0.717, 1.165) is 27.9 Å². The molecule has 0 spiro atoms. The van der Waals surface area contributed by atoms with Crippen LogP contribution in [0, 0.1) is 0 Å². The van der Waals surface area contributed by atoms with E-state index in [-0.39, 0.29) is 0 Å². The molecule has 2 aromatic heterocycles. The Morgan fingerprint density at radius 2 is 1.70 bits per heavy atom. The number of thioether (sulfide) groups is 1. The lowest BCUT2D eigenvalue weighted by molar-refractivity contribution is 0.663. The van der Waals surface area contributed by atoms with Gasteiger partial charge in [-0.05, 0) is 25.0 Å². The van der Waals surface area contributed by atoms with Gasteiger partial charge < -0.3 is 4.57 Å². The highest BCUT2D eigenvalue weighted by molar-refractivity contribution is 7.98. The molecule has 0 N–H and O–H groups in total. The van der Waals surface area contributed by atoms with Crippen molar-refractivity contribution in [3.8, 4) is 16.9 Å². The van der Waals surface area contributed by atoms with E-state index in [0.29, 0.717) is 6.04 Å². The third-order valence-corrected chi connectivity index (χ3v) is 5.70. The predicted octanol–water partition coefficient (Wildman–Crippen LogP) is 4.76. The zero-order valence-corrected chi connectivity index (χ0v) is 15.6. The summed E-state index contributed by atoms with van der Waals surface area (Å²) in [6.07, 6.45) is 6.44. The number of hydrogen-bond acceptors (Lipinski definition) is 4. The summed E-state index contributed by atoms with van der Waals surface area (Å²) < 4.78 is 4.16. The molecule has 1 saturated carbocycles. The molecule has 0 atom stereocenters. The molecule has 0 radical (unpaired) electrons. The molecule has 1 aliphatic rings. The van der Waals surface area contributed by atoms with Crippen molar-refractivity contribution in [2.24, 2.45) is 0 Å². The number of hydrogen-bond donors (Lipinski definition) is 0. The molecular formula is C21H19N5S. The van der Waals surface area contributed by atoms with Gasteiger partial charge in [-0.15, -0.1) is 10.2 Å². The summed E-state index contributed by atoms with van der Waals surface area (Å²) in [5.41, 5.74) is 4.41. The van der Waals surface area contributed by atoms with Crippen molar-refractivity contribution < 1.29 is 0 Å². The monoisotopic (exact) mass is 373 g/mol. The van der Waals surface area contributed by atoms with Crippen LogP contribution in [0.2, 0.25) is 0 Å². The van der Waals surface area contributed by atoms with Gasteiger partial charge in [0.2, 0.25) is 0 Å². The van der Waals surface area contributed by atoms with Crippen LogP contribution >= 0.6 is 11.8 Å². The van der Waals surface area contributed by atoms with E-state index in [1.165, 1.54) is 18.4 Å². The van der Waals surface area contributed by atoms with Gasteiger partial charge >= 0.3 is 0 Å². The number of nitrogens with zero attached hydrogens (tertiary/aromatic N) is 5. The lowest BCUT2D eigenvalue weighted by atomic mass is 10.1. The van der Waals surface area contributed by atoms with Gasteiger partial charge in [0.15, 0.2) is 5.16 Å². The first-order valence-corrected chi connectivity index (χ1v) is 10.1. The summed E-state index contributed by atoms with van der Waals surface area (Å²) in [5, 5.41) is 14.3. The molecule has 1 fully saturated rings. The minimum Gasteiger partial charge on any atom is -0.306 e. The van der Waals surface area contributed by atoms with Gasteiger partial charge in [-0.25, -0.2) is 4.68 Å². The molecular weight excluding hydrogens is 354 g/mol. The van der Waals surface area contributed by atoms with Crippen LogP contribution in [0.3, 0.4) is 0 Å². The van der Waals surface area contributed by atoms with E-state index in [4.69, 9.17) is 5.10 Å². The highest BCUT2D eigenvalue weighted by Crippen LogP contribution is 2.38. The van der Waals surface area contributed by atoms with Crippen molar-refractivity contribution >= 4 is 11.8 Å². The minimum atomic E-state index is 0.586. The molecule has 0 bridgehead atoms. The topological polar surface area (TPSA) is 48.5 Å². The largest absolute Gasteiger partial charge is 0.306 e. The molecule has 0 saturated heterocycles. The molecule has 5 rings (SSSR count). The first kappa shape index (κ1) is 16.3. The average Bonchev–Trinajstić information content (AvgIpc) is 3.31. The van der Waals surface area contributed by atoms with Crippen LogP contribution in [0.4, 0.5) is 0 Å². The summed E-state index contributed by atoms with van der Waals surface area (Å²) in [7, 11) is 0. The lowest BCUT2D eigenvalue weighted by Crippen LogP contribution is -1.95. The lowest BCUT2D eigenvalue weighted by Gasteiger charge is -2.04. The zero-order chi connectivity index (χ0) is 18.1. The van der Waals surface area contributed by atoms with Crippen molar-refractivity contribution in [1.29, 1.82) is 0 Å². The van der Waals surface area contributed by atoms with Crippen molar-refractivity contribution in [3.63, 3.8) is 0 Å². The van der Waals surface area contributed by atoms with E-state index in [1.807, 2.05) is 35.3 Å². The zero-order valence-electron chi connectivity index (χ0n) is 14.8. The third kappa shape index (κ3) is 3.40. The van der Waals surface area contributed by atoms with Gasteiger partial charge in [-0.3, -0.25) is 0 Å². The first-order valence-electron chi connectivity index (χ1n) is 9.10. The molecule has 27 heavy (non-hydrogen) atoms. The normalized spacial score (nSPS) is 13.8. The van der Waals surface area contributed by atoms with Crippen LogP contribution in [0.1, 0.15) is 24.4 Å². The van der Waals surface area contributed by atoms with Crippen molar-refractivity contribution in [3.05, 3.63) is 78.8 Å². The van der Waals surface area contributed by atoms with E-state index >= 15 is 0 Å². The van der Waals surface area contributed by atoms with Gasteiger partial charge in [-0.2, -0.15) is 5.10 Å². The van der Waals surface area contributed by atoms with E-state index in [2.05, 4.69) is 57.4 Å². The number of rotatable bonds is 6. The quantitative estimate of drug-likeness (QED) is 0.457. The predicted molar refractivity (Wildman–Crippen MR) is 107 cm³/mol. The fourth-order valence-electron chi connectivity index (χ4n) is 3.15. The molecule has 4 aromatic rings. The second-order valence-electron chi connectivity index (χ2n) is 6.69. The van der Waals surface area contributed by atoms with Crippen molar-refractivity contribution in [2.75, 3.05) is 0 Å². The van der Waals surface area contributed by atoms with Crippen molar-refractivity contribution in [1.82, 2.24) is 24.5 Å². The van der Waals surface area contributed by atoms with Crippen LogP contribution in [0.25, 0.3) is 16.9 Å². The Kier molecular flexibility index (Phi) is 4.26. The second-order valence-corrected chi connectivity index (χ2v) is 7.63. The molecule has 134 valence electrons. The summed E-state index contributed by atoms with van der Waals surface area (Å²) in [5.74, 6) is 0.808. The summed E-state index contributed by atoms with van der Waals surface area (Å²) in [4.78, 5) is 0. The fraction of sp³-hybridized carbons (Fsp3) is 0.190. The molecule has 2 aromatic carbocycles. The number of benzene rings is 2. The van der Waals surface area contributed by atoms with Gasteiger partial charge in [0, 0.05) is 29.1 Å². The van der Waals surface area contributed by atoms with Gasteiger partial charge in [0.1, 0.15) is 6.33 Å². The van der Waals surface area contributed by atoms with Crippen molar-refractivity contribution in [2.45, 2.75) is 29.8 Å². The molecule has 2 heterocycles. The molecule has 5 nitrogen and oxygen atoms in total. The summed E-state index contributed by atoms with van der Waals surface area (Å²) in [6.45, 7) is 0. The smallest absolute Gasteiger partial charge is 0.191 e. The summed E-state index contributed by atoms with van der Waals surface area (Å²) in [6, 6.07) is 21.2. The molecule has 0 amide bonds. The third-order valence-electron chi connectivity index (χ3n) is 4.70. The maximum absolute atomic E-state index is 4.88. The number of para-hydroxylation sites is 1. The highest BCUT2D eigenvalue weighted by atomic mass is 32.2.